The van der Waals surface area contributed by atoms with Gasteiger partial charge in [0.1, 0.15) is 18.5 Å². The molecule has 0 radical (unpaired) electrons. The number of nitrogens with zero attached hydrogens (tertiary/aromatic N) is 5. The lowest BCUT2D eigenvalue weighted by Gasteiger charge is -1.85. The van der Waals surface area contributed by atoms with Crippen LogP contribution in [-0.4, -0.2) is 31.1 Å². The molecular weight excluding hydrogens is 156 g/mol. The Morgan fingerprint density at radius 2 is 2.25 bits per heavy atom. The molecule has 2 heterocycles. The number of hydrogen-bond donors (Lipinski definition) is 1. The maximum absolute atomic E-state index is 3.98. The second kappa shape index (κ2) is 2.95. The largest absolute Gasteiger partial charge is 0.344 e. The van der Waals surface area contributed by atoms with Gasteiger partial charge in [-0.15, -0.1) is 10.2 Å². The Labute approximate surface area is 68.0 Å². The van der Waals surface area contributed by atoms with E-state index in [1.807, 2.05) is 0 Å². The molecule has 0 spiro atoms. The number of H-pyrrole nitrogens is 1. The fourth-order valence-electron chi connectivity index (χ4n) is 0.724. The standard InChI is InChI=1S/C6H6N6/c1-2-8-6(7-1)3-11-12-4-9-10-5-12/h1-5H,(H,7,8)/b11-3+. The zero-order chi connectivity index (χ0) is 8.23. The van der Waals surface area contributed by atoms with Gasteiger partial charge in [0.25, 0.3) is 0 Å². The molecule has 0 saturated heterocycles. The predicted octanol–water partition coefficient (Wildman–Crippen LogP) is -0.117. The van der Waals surface area contributed by atoms with E-state index in [1.54, 1.807) is 18.6 Å². The fraction of sp³-hybridized carbons (Fsp3) is 0. The molecule has 0 aliphatic heterocycles. The van der Waals surface area contributed by atoms with E-state index in [9.17, 15) is 0 Å². The molecule has 0 saturated carbocycles. The third-order valence-electron chi connectivity index (χ3n) is 1.24. The summed E-state index contributed by atoms with van der Waals surface area (Å²) in [7, 11) is 0. The van der Waals surface area contributed by atoms with Crippen molar-refractivity contribution in [2.75, 3.05) is 0 Å². The molecule has 2 rings (SSSR count). The molecule has 0 aliphatic carbocycles. The minimum Gasteiger partial charge on any atom is -0.344 e. The summed E-state index contributed by atoms with van der Waals surface area (Å²) in [6.07, 6.45) is 7.98. The van der Waals surface area contributed by atoms with Crippen molar-refractivity contribution in [3.63, 3.8) is 0 Å². The Balaban J connectivity index is 2.14. The first kappa shape index (κ1) is 6.71. The van der Waals surface area contributed by atoms with Crippen molar-refractivity contribution in [1.29, 1.82) is 0 Å². The van der Waals surface area contributed by atoms with E-state index >= 15 is 0 Å². The summed E-state index contributed by atoms with van der Waals surface area (Å²) in [5.74, 6) is 0.698. The molecule has 0 atom stereocenters. The Hall–Kier alpha value is -1.98. The average Bonchev–Trinajstić information content (AvgIpc) is 2.74. The van der Waals surface area contributed by atoms with E-state index in [0.29, 0.717) is 5.82 Å². The molecule has 60 valence electrons. The van der Waals surface area contributed by atoms with Crippen molar-refractivity contribution in [3.05, 3.63) is 30.9 Å². The smallest absolute Gasteiger partial charge is 0.150 e. The maximum Gasteiger partial charge on any atom is 0.150 e. The van der Waals surface area contributed by atoms with Crippen LogP contribution in [0.2, 0.25) is 0 Å². The van der Waals surface area contributed by atoms with E-state index in [-0.39, 0.29) is 0 Å². The SMILES string of the molecule is C(=N\n1cnnc1)/c1ncc[nH]1. The lowest BCUT2D eigenvalue weighted by Crippen LogP contribution is -1.88. The van der Waals surface area contributed by atoms with Crippen LogP contribution in [0.3, 0.4) is 0 Å². The Bertz CT molecular complexity index is 309. The molecule has 0 unspecified atom stereocenters. The summed E-state index contributed by atoms with van der Waals surface area (Å²) >= 11 is 0. The number of rotatable bonds is 2. The lowest BCUT2D eigenvalue weighted by molar-refractivity contribution is 0.876. The zero-order valence-electron chi connectivity index (χ0n) is 6.12. The van der Waals surface area contributed by atoms with Crippen molar-refractivity contribution in [3.8, 4) is 0 Å². The van der Waals surface area contributed by atoms with Gasteiger partial charge in [-0.3, -0.25) is 0 Å². The van der Waals surface area contributed by atoms with E-state index in [4.69, 9.17) is 0 Å². The molecule has 1 N–H and O–H groups in total. The van der Waals surface area contributed by atoms with E-state index in [1.165, 1.54) is 17.3 Å². The van der Waals surface area contributed by atoms with E-state index in [2.05, 4.69) is 25.3 Å². The van der Waals surface area contributed by atoms with Gasteiger partial charge in [-0.25, -0.2) is 9.66 Å². The van der Waals surface area contributed by atoms with Gasteiger partial charge in [-0.05, 0) is 0 Å². The summed E-state index contributed by atoms with van der Waals surface area (Å²) in [5.41, 5.74) is 0. The fourth-order valence-corrected chi connectivity index (χ4v) is 0.724. The van der Waals surface area contributed by atoms with Gasteiger partial charge in [0.05, 0.1) is 6.21 Å². The second-order valence-corrected chi connectivity index (χ2v) is 2.06. The van der Waals surface area contributed by atoms with Crippen molar-refractivity contribution < 1.29 is 0 Å². The van der Waals surface area contributed by atoms with Crippen molar-refractivity contribution in [2.45, 2.75) is 0 Å². The maximum atomic E-state index is 3.98. The van der Waals surface area contributed by atoms with Crippen LogP contribution < -0.4 is 0 Å². The van der Waals surface area contributed by atoms with Crippen molar-refractivity contribution >= 4 is 6.21 Å². The van der Waals surface area contributed by atoms with Crippen LogP contribution in [0.1, 0.15) is 5.82 Å². The molecular formula is C6H6N6. The highest BCUT2D eigenvalue weighted by molar-refractivity contribution is 5.73. The molecule has 0 aliphatic rings. The first-order valence-electron chi connectivity index (χ1n) is 3.33. The minimum absolute atomic E-state index is 0.698. The highest BCUT2D eigenvalue weighted by atomic mass is 15.4. The number of imidazole rings is 1. The van der Waals surface area contributed by atoms with Crippen LogP contribution in [0.5, 0.6) is 0 Å². The molecule has 6 nitrogen and oxygen atoms in total. The Kier molecular flexibility index (Phi) is 1.65. The molecule has 0 aromatic carbocycles. The van der Waals surface area contributed by atoms with Crippen LogP contribution in [0.4, 0.5) is 0 Å². The highest BCUT2D eigenvalue weighted by Gasteiger charge is 1.87. The number of aromatic nitrogens is 5. The summed E-state index contributed by atoms with van der Waals surface area (Å²) in [6.45, 7) is 0. The number of hydrogen-bond acceptors (Lipinski definition) is 4. The van der Waals surface area contributed by atoms with Gasteiger partial charge in [0, 0.05) is 12.4 Å². The molecule has 0 bridgehead atoms. The monoisotopic (exact) mass is 162 g/mol. The second-order valence-electron chi connectivity index (χ2n) is 2.06. The summed E-state index contributed by atoms with van der Waals surface area (Å²) in [4.78, 5) is 6.84. The summed E-state index contributed by atoms with van der Waals surface area (Å²) in [6, 6.07) is 0. The molecule has 12 heavy (non-hydrogen) atoms. The van der Waals surface area contributed by atoms with Crippen LogP contribution in [0, 0.1) is 0 Å². The van der Waals surface area contributed by atoms with Gasteiger partial charge in [0.15, 0.2) is 0 Å². The molecule has 0 amide bonds. The van der Waals surface area contributed by atoms with Crippen molar-refractivity contribution in [1.82, 2.24) is 24.8 Å². The Morgan fingerprint density at radius 1 is 1.42 bits per heavy atom. The quantitative estimate of drug-likeness (QED) is 0.626. The van der Waals surface area contributed by atoms with Crippen LogP contribution >= 0.6 is 0 Å². The normalized spacial score (nSPS) is 11.0. The van der Waals surface area contributed by atoms with E-state index in [0.717, 1.165) is 0 Å². The number of nitrogens with one attached hydrogen (secondary N) is 1. The van der Waals surface area contributed by atoms with Crippen LogP contribution in [0.25, 0.3) is 0 Å². The molecule has 2 aromatic rings. The molecule has 0 fully saturated rings. The predicted molar refractivity (Wildman–Crippen MR) is 41.6 cm³/mol. The lowest BCUT2D eigenvalue weighted by atomic mass is 10.7. The van der Waals surface area contributed by atoms with Crippen LogP contribution in [-0.2, 0) is 0 Å². The van der Waals surface area contributed by atoms with Gasteiger partial charge in [-0.1, -0.05) is 0 Å². The molecule has 2 aromatic heterocycles. The number of aromatic amines is 1. The van der Waals surface area contributed by atoms with Gasteiger partial charge in [0.2, 0.25) is 0 Å². The first-order valence-corrected chi connectivity index (χ1v) is 3.33. The topological polar surface area (TPSA) is 71.8 Å². The first-order chi connectivity index (χ1) is 5.95. The molecule has 6 heteroatoms. The van der Waals surface area contributed by atoms with E-state index < -0.39 is 0 Å². The van der Waals surface area contributed by atoms with Gasteiger partial charge in [-0.2, -0.15) is 5.10 Å². The van der Waals surface area contributed by atoms with Crippen molar-refractivity contribution in [2.24, 2.45) is 5.10 Å². The third-order valence-corrected chi connectivity index (χ3v) is 1.24. The minimum atomic E-state index is 0.698. The van der Waals surface area contributed by atoms with Gasteiger partial charge < -0.3 is 4.98 Å². The third kappa shape index (κ3) is 1.36. The van der Waals surface area contributed by atoms with Gasteiger partial charge >= 0.3 is 0 Å². The Morgan fingerprint density at radius 3 is 2.92 bits per heavy atom. The zero-order valence-corrected chi connectivity index (χ0v) is 6.12. The average molecular weight is 162 g/mol. The van der Waals surface area contributed by atoms with Crippen LogP contribution in [0.15, 0.2) is 30.1 Å². The summed E-state index contributed by atoms with van der Waals surface area (Å²) < 4.78 is 1.49. The summed E-state index contributed by atoms with van der Waals surface area (Å²) in [5, 5.41) is 11.2. The highest BCUT2D eigenvalue weighted by Crippen LogP contribution is 1.84.